The van der Waals surface area contributed by atoms with Crippen molar-refractivity contribution in [1.82, 2.24) is 4.98 Å². The Morgan fingerprint density at radius 3 is 2.74 bits per heavy atom. The van der Waals surface area contributed by atoms with E-state index in [1.807, 2.05) is 0 Å². The average Bonchev–Trinajstić information content (AvgIpc) is 3.01. The van der Waals surface area contributed by atoms with Crippen LogP contribution in [0, 0.1) is 0 Å². The molecule has 2 nitrogen and oxygen atoms in total. The maximum absolute atomic E-state index is 3.39. The Labute approximate surface area is 112 Å². The molecule has 0 saturated heterocycles. The predicted octanol–water partition coefficient (Wildman–Crippen LogP) is 3.90. The summed E-state index contributed by atoms with van der Waals surface area (Å²) in [6.45, 7) is 0. The highest BCUT2D eigenvalue weighted by atomic mass is 15.2. The molecule has 1 aromatic heterocycles. The van der Waals surface area contributed by atoms with Gasteiger partial charge in [0.1, 0.15) is 0 Å². The lowest BCUT2D eigenvalue weighted by molar-refractivity contribution is 0.722. The molecule has 2 heterocycles. The van der Waals surface area contributed by atoms with Crippen LogP contribution < -0.4 is 4.90 Å². The van der Waals surface area contributed by atoms with Crippen molar-refractivity contribution in [2.75, 3.05) is 11.9 Å². The number of anilines is 1. The minimum absolute atomic E-state index is 0.438. The summed E-state index contributed by atoms with van der Waals surface area (Å²) in [6.07, 6.45) is 3.26. The molecule has 4 rings (SSSR count). The van der Waals surface area contributed by atoms with Crippen molar-refractivity contribution >= 4 is 16.6 Å². The molecule has 1 atom stereocenters. The summed E-state index contributed by atoms with van der Waals surface area (Å²) < 4.78 is 0. The number of hydrogen-bond acceptors (Lipinski definition) is 1. The monoisotopic (exact) mass is 248 g/mol. The lowest BCUT2D eigenvalue weighted by Gasteiger charge is -2.22. The second-order valence-electron chi connectivity index (χ2n) is 5.25. The molecule has 1 aliphatic rings. The normalized spacial score (nSPS) is 17.9. The van der Waals surface area contributed by atoms with E-state index in [2.05, 4.69) is 71.7 Å². The molecule has 1 N–H and O–H groups in total. The van der Waals surface area contributed by atoms with Crippen LogP contribution in [0.3, 0.4) is 0 Å². The topological polar surface area (TPSA) is 19.0 Å². The first kappa shape index (κ1) is 10.7. The fourth-order valence-corrected chi connectivity index (χ4v) is 3.23. The number of rotatable bonds is 1. The molecule has 3 aromatic rings. The first-order chi connectivity index (χ1) is 9.34. The third-order valence-electron chi connectivity index (χ3n) is 4.23. The molecule has 0 aliphatic carbocycles. The second-order valence-corrected chi connectivity index (χ2v) is 5.25. The molecule has 0 saturated carbocycles. The number of fused-ring (bicyclic) bond motifs is 2. The van der Waals surface area contributed by atoms with E-state index < -0.39 is 0 Å². The van der Waals surface area contributed by atoms with Gasteiger partial charge in [0.05, 0.1) is 6.04 Å². The fourth-order valence-electron chi connectivity index (χ4n) is 3.23. The average molecular weight is 248 g/mol. The van der Waals surface area contributed by atoms with Crippen LogP contribution in [0.15, 0.2) is 54.7 Å². The summed E-state index contributed by atoms with van der Waals surface area (Å²) in [7, 11) is 2.19. The molecule has 94 valence electrons. The molecule has 0 radical (unpaired) electrons. The SMILES string of the molecule is CN1c2ccccc2C[C@H]1c1c[nH]c2ccccc12. The van der Waals surface area contributed by atoms with Crippen molar-refractivity contribution in [3.05, 3.63) is 65.9 Å². The third kappa shape index (κ3) is 1.49. The van der Waals surface area contributed by atoms with Crippen molar-refractivity contribution in [3.8, 4) is 0 Å². The summed E-state index contributed by atoms with van der Waals surface area (Å²) >= 11 is 0. The molecule has 0 amide bonds. The number of benzene rings is 2. The van der Waals surface area contributed by atoms with Crippen LogP contribution in [0.5, 0.6) is 0 Å². The predicted molar refractivity (Wildman–Crippen MR) is 79.6 cm³/mol. The van der Waals surface area contributed by atoms with Crippen molar-refractivity contribution in [2.24, 2.45) is 0 Å². The fraction of sp³-hybridized carbons (Fsp3) is 0.176. The number of nitrogens with zero attached hydrogens (tertiary/aromatic N) is 1. The maximum atomic E-state index is 3.39. The Morgan fingerprint density at radius 2 is 1.84 bits per heavy atom. The van der Waals surface area contributed by atoms with Gasteiger partial charge in [0.25, 0.3) is 0 Å². The minimum Gasteiger partial charge on any atom is -0.367 e. The molecule has 1 aliphatic heterocycles. The van der Waals surface area contributed by atoms with Crippen LogP contribution in [0.1, 0.15) is 17.2 Å². The minimum atomic E-state index is 0.438. The first-order valence-corrected chi connectivity index (χ1v) is 6.71. The van der Waals surface area contributed by atoms with Crippen LogP contribution in [-0.2, 0) is 6.42 Å². The molecule has 0 fully saturated rings. The Balaban J connectivity index is 1.83. The van der Waals surface area contributed by atoms with Gasteiger partial charge in [-0.2, -0.15) is 0 Å². The molecule has 19 heavy (non-hydrogen) atoms. The van der Waals surface area contributed by atoms with Crippen LogP contribution in [0.25, 0.3) is 10.9 Å². The molecular formula is C17H16N2. The van der Waals surface area contributed by atoms with Crippen LogP contribution in [0.2, 0.25) is 0 Å². The zero-order chi connectivity index (χ0) is 12.8. The van der Waals surface area contributed by atoms with E-state index in [-0.39, 0.29) is 0 Å². The van der Waals surface area contributed by atoms with Gasteiger partial charge in [-0.05, 0) is 24.1 Å². The van der Waals surface area contributed by atoms with Crippen molar-refractivity contribution < 1.29 is 0 Å². The smallest absolute Gasteiger partial charge is 0.0601 e. The summed E-state index contributed by atoms with van der Waals surface area (Å²) in [5, 5.41) is 1.34. The third-order valence-corrected chi connectivity index (χ3v) is 4.23. The second kappa shape index (κ2) is 3.89. The summed E-state index contributed by atoms with van der Waals surface area (Å²) in [4.78, 5) is 5.78. The molecule has 2 heteroatoms. The van der Waals surface area contributed by atoms with E-state index in [0.717, 1.165) is 6.42 Å². The van der Waals surface area contributed by atoms with Gasteiger partial charge in [0.2, 0.25) is 0 Å². The van der Waals surface area contributed by atoms with E-state index in [4.69, 9.17) is 0 Å². The van der Waals surface area contributed by atoms with Crippen molar-refractivity contribution in [1.29, 1.82) is 0 Å². The van der Waals surface area contributed by atoms with Crippen LogP contribution >= 0.6 is 0 Å². The molecular weight excluding hydrogens is 232 g/mol. The number of nitrogens with one attached hydrogen (secondary N) is 1. The van der Waals surface area contributed by atoms with Gasteiger partial charge in [-0.25, -0.2) is 0 Å². The standard InChI is InChI=1S/C17H16N2/c1-19-16-9-5-2-6-12(16)10-17(19)14-11-18-15-8-4-3-7-13(14)15/h2-9,11,17-18H,10H2,1H3/t17-/m0/s1. The molecule has 2 aromatic carbocycles. The lowest BCUT2D eigenvalue weighted by atomic mass is 10.0. The first-order valence-electron chi connectivity index (χ1n) is 6.71. The van der Waals surface area contributed by atoms with E-state index in [1.54, 1.807) is 0 Å². The number of likely N-dealkylation sites (N-methyl/N-ethyl adjacent to an activating group) is 1. The number of aromatic amines is 1. The van der Waals surface area contributed by atoms with E-state index in [0.29, 0.717) is 6.04 Å². The van der Waals surface area contributed by atoms with Gasteiger partial charge in [-0.3, -0.25) is 0 Å². The van der Waals surface area contributed by atoms with Gasteiger partial charge >= 0.3 is 0 Å². The van der Waals surface area contributed by atoms with Gasteiger partial charge in [0, 0.05) is 35.4 Å². The highest BCUT2D eigenvalue weighted by molar-refractivity contribution is 5.84. The Morgan fingerprint density at radius 1 is 1.05 bits per heavy atom. The van der Waals surface area contributed by atoms with Crippen LogP contribution in [0.4, 0.5) is 5.69 Å². The zero-order valence-electron chi connectivity index (χ0n) is 10.9. The molecule has 0 unspecified atom stereocenters. The molecule has 0 bridgehead atoms. The number of para-hydroxylation sites is 2. The lowest BCUT2D eigenvalue weighted by Crippen LogP contribution is -2.19. The largest absolute Gasteiger partial charge is 0.367 e. The van der Waals surface area contributed by atoms with Crippen LogP contribution in [-0.4, -0.2) is 12.0 Å². The quantitative estimate of drug-likeness (QED) is 0.692. The van der Waals surface area contributed by atoms with Gasteiger partial charge in [0.15, 0.2) is 0 Å². The Kier molecular flexibility index (Phi) is 2.18. The highest BCUT2D eigenvalue weighted by Gasteiger charge is 2.28. The number of H-pyrrole nitrogens is 1. The summed E-state index contributed by atoms with van der Waals surface area (Å²) in [5.41, 5.74) is 5.43. The van der Waals surface area contributed by atoms with E-state index in [9.17, 15) is 0 Å². The van der Waals surface area contributed by atoms with Gasteiger partial charge < -0.3 is 9.88 Å². The van der Waals surface area contributed by atoms with Gasteiger partial charge in [-0.1, -0.05) is 36.4 Å². The number of aromatic nitrogens is 1. The van der Waals surface area contributed by atoms with Gasteiger partial charge in [-0.15, -0.1) is 0 Å². The summed E-state index contributed by atoms with van der Waals surface area (Å²) in [6, 6.07) is 17.7. The molecule has 0 spiro atoms. The maximum Gasteiger partial charge on any atom is 0.0601 e. The summed E-state index contributed by atoms with van der Waals surface area (Å²) in [5.74, 6) is 0. The zero-order valence-corrected chi connectivity index (χ0v) is 10.9. The Bertz CT molecular complexity index is 742. The van der Waals surface area contributed by atoms with Crippen molar-refractivity contribution in [3.63, 3.8) is 0 Å². The Hall–Kier alpha value is -2.22. The highest BCUT2D eigenvalue weighted by Crippen LogP contribution is 2.40. The van der Waals surface area contributed by atoms with E-state index in [1.165, 1.54) is 27.7 Å². The van der Waals surface area contributed by atoms with E-state index >= 15 is 0 Å². The van der Waals surface area contributed by atoms with Crippen molar-refractivity contribution in [2.45, 2.75) is 12.5 Å². The number of hydrogen-bond donors (Lipinski definition) is 1.